The molecule has 0 unspecified atom stereocenters. The van der Waals surface area contributed by atoms with Crippen molar-refractivity contribution in [1.29, 1.82) is 0 Å². The summed E-state index contributed by atoms with van der Waals surface area (Å²) in [4.78, 5) is 12.3. The van der Waals surface area contributed by atoms with Crippen LogP contribution < -0.4 is 11.1 Å². The number of hydrogen-bond acceptors (Lipinski definition) is 3. The lowest BCUT2D eigenvalue weighted by molar-refractivity contribution is -0.109. The van der Waals surface area contributed by atoms with Gasteiger partial charge < -0.3 is 16.0 Å². The van der Waals surface area contributed by atoms with Crippen LogP contribution in [-0.2, 0) is 17.8 Å². The molecular weight excluding hydrogens is 341 g/mol. The highest BCUT2D eigenvalue weighted by Crippen LogP contribution is 2.12. The minimum absolute atomic E-state index is 0.0625. The fourth-order valence-corrected chi connectivity index (χ4v) is 3.16. The predicted molar refractivity (Wildman–Crippen MR) is 108 cm³/mol. The minimum Gasteiger partial charge on any atom is -0.355 e. The summed E-state index contributed by atoms with van der Waals surface area (Å²) >= 11 is 0. The molecule has 3 N–H and O–H groups in total. The first kappa shape index (κ1) is 21.1. The number of carbonyl (C=O) groups is 1. The Labute approximate surface area is 161 Å². The molecule has 1 fully saturated rings. The molecule has 0 aromatic heterocycles. The molecule has 2 aromatic carbocycles. The molecule has 146 valence electrons. The van der Waals surface area contributed by atoms with Crippen molar-refractivity contribution in [2.75, 3.05) is 19.6 Å². The number of nitrogens with two attached hydrogens (primary N) is 1. The van der Waals surface area contributed by atoms with Crippen molar-refractivity contribution < 1.29 is 9.18 Å². The molecule has 3 rings (SSSR count). The summed E-state index contributed by atoms with van der Waals surface area (Å²) in [7, 11) is 0. The van der Waals surface area contributed by atoms with Gasteiger partial charge in [-0.25, -0.2) is 4.39 Å². The standard InChI is InChI=1S/C14H21FN2.C8H9NO/c15-14-6-2-1-5-12(14)11-13(16)7-10-17-8-3-4-9-17;10-7-9-6-8-4-2-1-3-5-8/h1-2,5-6,13H,3-4,7-11,16H2;1-5,7H,6H2,(H,9,10)/t13-;/m0./s1. The fourth-order valence-electron chi connectivity index (χ4n) is 3.16. The van der Waals surface area contributed by atoms with Gasteiger partial charge in [0.15, 0.2) is 0 Å². The lowest BCUT2D eigenvalue weighted by Crippen LogP contribution is -2.30. The number of halogens is 1. The van der Waals surface area contributed by atoms with Crippen molar-refractivity contribution >= 4 is 6.41 Å². The van der Waals surface area contributed by atoms with Crippen LogP contribution in [0.1, 0.15) is 30.4 Å². The Balaban J connectivity index is 0.000000223. The van der Waals surface area contributed by atoms with Crippen LogP contribution in [0.15, 0.2) is 54.6 Å². The van der Waals surface area contributed by atoms with Gasteiger partial charge in [-0.05, 0) is 62.5 Å². The molecule has 1 atom stereocenters. The molecule has 5 heteroatoms. The van der Waals surface area contributed by atoms with Crippen molar-refractivity contribution in [3.05, 3.63) is 71.5 Å². The normalized spacial score (nSPS) is 14.9. The predicted octanol–water partition coefficient (Wildman–Crippen LogP) is 3.11. The molecule has 1 aliphatic rings. The van der Waals surface area contributed by atoms with Gasteiger partial charge in [-0.2, -0.15) is 0 Å². The van der Waals surface area contributed by atoms with Gasteiger partial charge in [0.1, 0.15) is 5.82 Å². The molecule has 4 nitrogen and oxygen atoms in total. The second-order valence-electron chi connectivity index (χ2n) is 6.88. The Morgan fingerprint density at radius 2 is 1.74 bits per heavy atom. The van der Waals surface area contributed by atoms with E-state index < -0.39 is 0 Å². The Morgan fingerprint density at radius 1 is 1.07 bits per heavy atom. The molecule has 1 amide bonds. The van der Waals surface area contributed by atoms with Crippen molar-refractivity contribution in [2.24, 2.45) is 5.73 Å². The van der Waals surface area contributed by atoms with E-state index in [1.807, 2.05) is 42.5 Å². The number of carbonyl (C=O) groups excluding carboxylic acids is 1. The quantitative estimate of drug-likeness (QED) is 0.701. The van der Waals surface area contributed by atoms with Gasteiger partial charge >= 0.3 is 0 Å². The smallest absolute Gasteiger partial charge is 0.207 e. The zero-order valence-electron chi connectivity index (χ0n) is 15.8. The average Bonchev–Trinajstić information content (AvgIpc) is 3.22. The van der Waals surface area contributed by atoms with Crippen LogP contribution in [0, 0.1) is 5.82 Å². The molecule has 0 bridgehead atoms. The van der Waals surface area contributed by atoms with E-state index in [1.165, 1.54) is 32.0 Å². The highest BCUT2D eigenvalue weighted by molar-refractivity contribution is 5.46. The first-order valence-electron chi connectivity index (χ1n) is 9.61. The Morgan fingerprint density at radius 3 is 2.41 bits per heavy atom. The Hall–Kier alpha value is -2.24. The molecule has 0 saturated carbocycles. The average molecular weight is 372 g/mol. The molecule has 27 heavy (non-hydrogen) atoms. The summed E-state index contributed by atoms with van der Waals surface area (Å²) in [6.07, 6.45) is 4.91. The van der Waals surface area contributed by atoms with Gasteiger partial charge in [0.05, 0.1) is 0 Å². The van der Waals surface area contributed by atoms with Crippen molar-refractivity contribution in [1.82, 2.24) is 10.2 Å². The summed E-state index contributed by atoms with van der Waals surface area (Å²) < 4.78 is 13.4. The van der Waals surface area contributed by atoms with Crippen molar-refractivity contribution in [2.45, 2.75) is 38.3 Å². The van der Waals surface area contributed by atoms with Crippen LogP contribution >= 0.6 is 0 Å². The maximum atomic E-state index is 13.4. The molecule has 0 radical (unpaired) electrons. The van der Waals surface area contributed by atoms with E-state index in [-0.39, 0.29) is 11.9 Å². The largest absolute Gasteiger partial charge is 0.355 e. The minimum atomic E-state index is -0.135. The second-order valence-corrected chi connectivity index (χ2v) is 6.88. The van der Waals surface area contributed by atoms with Gasteiger partial charge in [-0.1, -0.05) is 48.5 Å². The van der Waals surface area contributed by atoms with Crippen LogP contribution in [-0.4, -0.2) is 37.0 Å². The monoisotopic (exact) mass is 371 g/mol. The van der Waals surface area contributed by atoms with Gasteiger partial charge in [-0.15, -0.1) is 0 Å². The highest BCUT2D eigenvalue weighted by Gasteiger charge is 2.13. The van der Waals surface area contributed by atoms with Crippen LogP contribution in [0.2, 0.25) is 0 Å². The van der Waals surface area contributed by atoms with Crippen LogP contribution in [0.5, 0.6) is 0 Å². The van der Waals surface area contributed by atoms with E-state index in [1.54, 1.807) is 6.07 Å². The van der Waals surface area contributed by atoms with Gasteiger partial charge in [0.25, 0.3) is 0 Å². The fraction of sp³-hybridized carbons (Fsp3) is 0.409. The second kappa shape index (κ2) is 12.2. The number of nitrogens with one attached hydrogen (secondary N) is 1. The first-order chi connectivity index (χ1) is 13.2. The number of benzene rings is 2. The third-order valence-corrected chi connectivity index (χ3v) is 4.69. The maximum absolute atomic E-state index is 13.4. The first-order valence-corrected chi connectivity index (χ1v) is 9.61. The molecule has 1 heterocycles. The lowest BCUT2D eigenvalue weighted by Gasteiger charge is -2.18. The third kappa shape index (κ3) is 8.33. The summed E-state index contributed by atoms with van der Waals surface area (Å²) in [5.41, 5.74) is 7.92. The highest BCUT2D eigenvalue weighted by atomic mass is 19.1. The Kier molecular flexibility index (Phi) is 9.52. The number of hydrogen-bond donors (Lipinski definition) is 2. The number of nitrogens with zero attached hydrogens (tertiary/aromatic N) is 1. The number of rotatable bonds is 8. The van der Waals surface area contributed by atoms with E-state index >= 15 is 0 Å². The molecule has 2 aromatic rings. The summed E-state index contributed by atoms with van der Waals surface area (Å²) in [6, 6.07) is 16.8. The zero-order valence-corrected chi connectivity index (χ0v) is 15.8. The summed E-state index contributed by atoms with van der Waals surface area (Å²) in [5.74, 6) is -0.135. The molecule has 1 saturated heterocycles. The summed E-state index contributed by atoms with van der Waals surface area (Å²) in [6.45, 7) is 4.07. The van der Waals surface area contributed by atoms with Crippen molar-refractivity contribution in [3.8, 4) is 0 Å². The van der Waals surface area contributed by atoms with E-state index in [9.17, 15) is 9.18 Å². The van der Waals surface area contributed by atoms with E-state index in [4.69, 9.17) is 5.73 Å². The van der Waals surface area contributed by atoms with Crippen LogP contribution in [0.25, 0.3) is 0 Å². The molecule has 1 aliphatic heterocycles. The van der Waals surface area contributed by atoms with Crippen LogP contribution in [0.3, 0.4) is 0 Å². The lowest BCUT2D eigenvalue weighted by atomic mass is 10.0. The van der Waals surface area contributed by atoms with Crippen molar-refractivity contribution in [3.63, 3.8) is 0 Å². The van der Waals surface area contributed by atoms with E-state index in [2.05, 4.69) is 10.2 Å². The molecular formula is C22H30FN3O. The number of likely N-dealkylation sites (tertiary alicyclic amines) is 1. The molecule has 0 aliphatic carbocycles. The topological polar surface area (TPSA) is 58.4 Å². The maximum Gasteiger partial charge on any atom is 0.207 e. The van der Waals surface area contributed by atoms with Gasteiger partial charge in [-0.3, -0.25) is 4.79 Å². The Bertz CT molecular complexity index is 660. The molecule has 0 spiro atoms. The zero-order chi connectivity index (χ0) is 19.3. The summed E-state index contributed by atoms with van der Waals surface area (Å²) in [5, 5.41) is 2.58. The SMILES string of the molecule is N[C@@H](CCN1CCCC1)Cc1ccccc1F.O=CNCc1ccccc1. The third-order valence-electron chi connectivity index (χ3n) is 4.69. The number of amides is 1. The van der Waals surface area contributed by atoms with Gasteiger partial charge in [0.2, 0.25) is 6.41 Å². The van der Waals surface area contributed by atoms with E-state index in [0.29, 0.717) is 19.4 Å². The van der Waals surface area contributed by atoms with Crippen LogP contribution in [0.4, 0.5) is 4.39 Å². The van der Waals surface area contributed by atoms with Gasteiger partial charge in [0, 0.05) is 12.6 Å². The van der Waals surface area contributed by atoms with E-state index in [0.717, 1.165) is 24.1 Å².